The van der Waals surface area contributed by atoms with E-state index in [2.05, 4.69) is 0 Å². The molecule has 3 heteroatoms. The van der Waals surface area contributed by atoms with Gasteiger partial charge in [0.2, 0.25) is 0 Å². The standard InChI is InChI=1S/C17H20O3/c18-13-8-12(11-4-1-2-5-11)9-15-16(13)14(19)10-17(20-15)6-3-7-17/h8-9,11,18H,1-7,10H2. The number of carbonyl (C=O) groups excluding carboxylic acids is 1. The van der Waals surface area contributed by atoms with E-state index in [0.29, 0.717) is 23.7 Å². The summed E-state index contributed by atoms with van der Waals surface area (Å²) in [7, 11) is 0. The largest absolute Gasteiger partial charge is 0.507 e. The second-order valence-electron chi connectivity index (χ2n) is 6.63. The normalized spacial score (nSPS) is 24.3. The minimum atomic E-state index is -0.259. The summed E-state index contributed by atoms with van der Waals surface area (Å²) in [6.45, 7) is 0. The Labute approximate surface area is 118 Å². The summed E-state index contributed by atoms with van der Waals surface area (Å²) in [5, 5.41) is 10.2. The zero-order valence-electron chi connectivity index (χ0n) is 11.7. The van der Waals surface area contributed by atoms with Gasteiger partial charge in [-0.1, -0.05) is 12.8 Å². The van der Waals surface area contributed by atoms with E-state index in [9.17, 15) is 9.90 Å². The Balaban J connectivity index is 1.75. The number of hydrogen-bond acceptors (Lipinski definition) is 3. The van der Waals surface area contributed by atoms with Crippen LogP contribution >= 0.6 is 0 Å². The van der Waals surface area contributed by atoms with Crippen molar-refractivity contribution >= 4 is 5.78 Å². The average Bonchev–Trinajstić information content (AvgIpc) is 2.89. The van der Waals surface area contributed by atoms with Gasteiger partial charge in [0, 0.05) is 0 Å². The molecule has 1 aromatic carbocycles. The molecule has 1 aliphatic heterocycles. The summed E-state index contributed by atoms with van der Waals surface area (Å²) in [6, 6.07) is 3.80. The Bertz CT molecular complexity index is 566. The molecule has 0 unspecified atom stereocenters. The molecule has 2 saturated carbocycles. The van der Waals surface area contributed by atoms with E-state index in [0.717, 1.165) is 24.8 Å². The third-order valence-corrected chi connectivity index (χ3v) is 5.28. The van der Waals surface area contributed by atoms with Crippen LogP contribution in [-0.4, -0.2) is 16.5 Å². The highest BCUT2D eigenvalue weighted by atomic mass is 16.5. The minimum Gasteiger partial charge on any atom is -0.507 e. The molecule has 2 aliphatic carbocycles. The number of phenolic OH excluding ortho intramolecular Hbond substituents is 1. The Morgan fingerprint density at radius 2 is 1.90 bits per heavy atom. The molecule has 0 amide bonds. The fraction of sp³-hybridized carbons (Fsp3) is 0.588. The second kappa shape index (κ2) is 4.24. The first-order valence-electron chi connectivity index (χ1n) is 7.76. The maximum Gasteiger partial charge on any atom is 0.174 e. The number of hydrogen-bond donors (Lipinski definition) is 1. The molecule has 20 heavy (non-hydrogen) atoms. The molecule has 1 aromatic rings. The van der Waals surface area contributed by atoms with Crippen LogP contribution in [0.5, 0.6) is 11.5 Å². The Morgan fingerprint density at radius 1 is 1.15 bits per heavy atom. The topological polar surface area (TPSA) is 46.5 Å². The molecule has 106 valence electrons. The monoisotopic (exact) mass is 272 g/mol. The molecule has 0 bridgehead atoms. The van der Waals surface area contributed by atoms with E-state index in [4.69, 9.17) is 4.74 Å². The lowest BCUT2D eigenvalue weighted by Crippen LogP contribution is -2.47. The van der Waals surface area contributed by atoms with E-state index in [-0.39, 0.29) is 17.1 Å². The molecule has 4 rings (SSSR count). The van der Waals surface area contributed by atoms with Crippen LogP contribution in [0.3, 0.4) is 0 Å². The van der Waals surface area contributed by atoms with Gasteiger partial charge in [-0.05, 0) is 55.7 Å². The Morgan fingerprint density at radius 3 is 2.55 bits per heavy atom. The van der Waals surface area contributed by atoms with Crippen LogP contribution in [0, 0.1) is 0 Å². The smallest absolute Gasteiger partial charge is 0.174 e. The molecule has 0 radical (unpaired) electrons. The van der Waals surface area contributed by atoms with Gasteiger partial charge in [0.15, 0.2) is 5.78 Å². The summed E-state index contributed by atoms with van der Waals surface area (Å²) < 4.78 is 6.13. The molecule has 3 aliphatic rings. The van der Waals surface area contributed by atoms with Gasteiger partial charge in [-0.25, -0.2) is 0 Å². The third-order valence-electron chi connectivity index (χ3n) is 5.28. The first-order valence-corrected chi connectivity index (χ1v) is 7.76. The maximum atomic E-state index is 12.3. The zero-order chi connectivity index (χ0) is 13.7. The predicted octanol–water partition coefficient (Wildman–Crippen LogP) is 3.94. The maximum absolute atomic E-state index is 12.3. The number of rotatable bonds is 1. The van der Waals surface area contributed by atoms with Gasteiger partial charge in [0.05, 0.1) is 6.42 Å². The van der Waals surface area contributed by atoms with Crippen LogP contribution in [0.25, 0.3) is 0 Å². The van der Waals surface area contributed by atoms with Gasteiger partial charge in [-0.15, -0.1) is 0 Å². The summed E-state index contributed by atoms with van der Waals surface area (Å²) in [5.74, 6) is 1.30. The lowest BCUT2D eigenvalue weighted by molar-refractivity contribution is -0.0181. The van der Waals surface area contributed by atoms with Crippen LogP contribution in [-0.2, 0) is 0 Å². The van der Waals surface area contributed by atoms with Crippen molar-refractivity contribution in [2.24, 2.45) is 0 Å². The second-order valence-corrected chi connectivity index (χ2v) is 6.63. The molecule has 1 spiro atoms. The van der Waals surface area contributed by atoms with Gasteiger partial charge in [0.1, 0.15) is 22.7 Å². The number of ether oxygens (including phenoxy) is 1. The molecule has 0 atom stereocenters. The van der Waals surface area contributed by atoms with Gasteiger partial charge >= 0.3 is 0 Å². The van der Waals surface area contributed by atoms with E-state index >= 15 is 0 Å². The van der Waals surface area contributed by atoms with E-state index in [1.54, 1.807) is 6.07 Å². The molecule has 0 aromatic heterocycles. The van der Waals surface area contributed by atoms with Gasteiger partial charge in [0.25, 0.3) is 0 Å². The number of Topliss-reactive ketones (excluding diaryl/α,β-unsaturated/α-hetero) is 1. The van der Waals surface area contributed by atoms with Crippen molar-refractivity contribution < 1.29 is 14.6 Å². The third kappa shape index (κ3) is 1.75. The van der Waals surface area contributed by atoms with Crippen molar-refractivity contribution in [1.29, 1.82) is 0 Å². The lowest BCUT2D eigenvalue weighted by Gasteiger charge is -2.44. The predicted molar refractivity (Wildman–Crippen MR) is 75.5 cm³/mol. The van der Waals surface area contributed by atoms with Crippen LogP contribution in [0.1, 0.15) is 73.2 Å². The minimum absolute atomic E-state index is 0.0430. The van der Waals surface area contributed by atoms with E-state index < -0.39 is 0 Å². The molecule has 1 heterocycles. The molecular formula is C17H20O3. The van der Waals surface area contributed by atoms with Crippen molar-refractivity contribution in [1.82, 2.24) is 0 Å². The highest BCUT2D eigenvalue weighted by molar-refractivity contribution is 6.03. The first-order chi connectivity index (χ1) is 9.67. The first kappa shape index (κ1) is 12.2. The van der Waals surface area contributed by atoms with Gasteiger partial charge in [-0.2, -0.15) is 0 Å². The summed E-state index contributed by atoms with van der Waals surface area (Å²) in [5.41, 5.74) is 1.29. The molecule has 1 N–H and O–H groups in total. The van der Waals surface area contributed by atoms with Crippen molar-refractivity contribution in [2.45, 2.75) is 62.9 Å². The van der Waals surface area contributed by atoms with E-state index in [1.165, 1.54) is 25.7 Å². The van der Waals surface area contributed by atoms with Crippen molar-refractivity contribution in [3.05, 3.63) is 23.3 Å². The van der Waals surface area contributed by atoms with Crippen LogP contribution in [0.4, 0.5) is 0 Å². The average molecular weight is 272 g/mol. The highest BCUT2D eigenvalue weighted by Crippen LogP contribution is 2.48. The summed E-state index contributed by atoms with van der Waals surface area (Å²) in [6.07, 6.45) is 8.36. The van der Waals surface area contributed by atoms with Gasteiger partial charge < -0.3 is 9.84 Å². The molecule has 0 saturated heterocycles. The van der Waals surface area contributed by atoms with E-state index in [1.807, 2.05) is 6.07 Å². The number of aromatic hydroxyl groups is 1. The number of benzene rings is 1. The van der Waals surface area contributed by atoms with Crippen LogP contribution in [0.2, 0.25) is 0 Å². The summed E-state index contributed by atoms with van der Waals surface area (Å²) >= 11 is 0. The summed E-state index contributed by atoms with van der Waals surface area (Å²) in [4.78, 5) is 12.3. The highest BCUT2D eigenvalue weighted by Gasteiger charge is 2.46. The zero-order valence-corrected chi connectivity index (χ0v) is 11.7. The van der Waals surface area contributed by atoms with Gasteiger partial charge in [-0.3, -0.25) is 4.79 Å². The van der Waals surface area contributed by atoms with Crippen molar-refractivity contribution in [3.8, 4) is 11.5 Å². The fourth-order valence-corrected chi connectivity index (χ4v) is 3.98. The molecule has 3 nitrogen and oxygen atoms in total. The Kier molecular flexibility index (Phi) is 2.60. The lowest BCUT2D eigenvalue weighted by atomic mass is 9.74. The number of phenols is 1. The van der Waals surface area contributed by atoms with Crippen LogP contribution < -0.4 is 4.74 Å². The van der Waals surface area contributed by atoms with Crippen molar-refractivity contribution in [3.63, 3.8) is 0 Å². The van der Waals surface area contributed by atoms with Crippen LogP contribution in [0.15, 0.2) is 12.1 Å². The number of fused-ring (bicyclic) bond motifs is 1. The fourth-order valence-electron chi connectivity index (χ4n) is 3.98. The Hall–Kier alpha value is -1.51. The molecule has 2 fully saturated rings. The SMILES string of the molecule is O=C1CC2(CCC2)Oc2cc(C3CCCC3)cc(O)c21. The van der Waals surface area contributed by atoms with Crippen molar-refractivity contribution in [2.75, 3.05) is 0 Å². The number of ketones is 1. The quantitative estimate of drug-likeness (QED) is 0.842. The number of carbonyl (C=O) groups is 1. The molecular weight excluding hydrogens is 252 g/mol.